The highest BCUT2D eigenvalue weighted by Gasteiger charge is 2.09. The van der Waals surface area contributed by atoms with Gasteiger partial charge in [-0.2, -0.15) is 4.68 Å². The number of aromatic nitrogens is 4. The van der Waals surface area contributed by atoms with E-state index in [0.717, 1.165) is 18.8 Å². The van der Waals surface area contributed by atoms with Crippen molar-refractivity contribution in [2.75, 3.05) is 13.1 Å². The summed E-state index contributed by atoms with van der Waals surface area (Å²) >= 11 is 0. The van der Waals surface area contributed by atoms with E-state index < -0.39 is 0 Å². The summed E-state index contributed by atoms with van der Waals surface area (Å²) in [7, 11) is 0. The molecule has 2 heterocycles. The molecule has 1 aliphatic rings. The van der Waals surface area contributed by atoms with Crippen LogP contribution in [0.1, 0.15) is 18.7 Å². The van der Waals surface area contributed by atoms with Crippen LogP contribution in [0.3, 0.4) is 0 Å². The molecule has 1 saturated heterocycles. The van der Waals surface area contributed by atoms with E-state index >= 15 is 0 Å². The van der Waals surface area contributed by atoms with E-state index in [1.165, 1.54) is 25.0 Å². The highest BCUT2D eigenvalue weighted by atomic mass is 19.1. The Morgan fingerprint density at radius 2 is 1.84 bits per heavy atom. The van der Waals surface area contributed by atoms with E-state index in [2.05, 4.69) is 20.4 Å². The normalized spacial score (nSPS) is 15.5. The second-order valence-electron chi connectivity index (χ2n) is 4.48. The van der Waals surface area contributed by atoms with E-state index in [1.807, 2.05) is 12.3 Å². The van der Waals surface area contributed by atoms with Crippen molar-refractivity contribution in [1.82, 2.24) is 25.1 Å². The van der Waals surface area contributed by atoms with Gasteiger partial charge in [-0.15, -0.1) is 5.10 Å². The van der Waals surface area contributed by atoms with Crippen molar-refractivity contribution in [3.8, 4) is 5.69 Å². The molecule has 2 aromatic rings. The van der Waals surface area contributed by atoms with Crippen LogP contribution >= 0.6 is 0 Å². The minimum Gasteiger partial charge on any atom is -0.377 e. The Hall–Kier alpha value is -2.24. The quantitative estimate of drug-likeness (QED) is 0.844. The summed E-state index contributed by atoms with van der Waals surface area (Å²) in [6.07, 6.45) is 6.36. The van der Waals surface area contributed by atoms with Gasteiger partial charge in [0.1, 0.15) is 5.82 Å². The summed E-state index contributed by atoms with van der Waals surface area (Å²) < 4.78 is 14.5. The maximum Gasteiger partial charge on any atom is 0.181 e. The van der Waals surface area contributed by atoms with Gasteiger partial charge < -0.3 is 4.90 Å². The predicted octanol–water partition coefficient (Wildman–Crippen LogP) is 1.87. The molecule has 0 bridgehead atoms. The van der Waals surface area contributed by atoms with Crippen molar-refractivity contribution in [1.29, 1.82) is 0 Å². The lowest BCUT2D eigenvalue weighted by atomic mass is 10.3. The van der Waals surface area contributed by atoms with Crippen LogP contribution in [-0.2, 0) is 0 Å². The zero-order valence-electron chi connectivity index (χ0n) is 10.4. The van der Waals surface area contributed by atoms with E-state index in [9.17, 15) is 4.39 Å². The van der Waals surface area contributed by atoms with Gasteiger partial charge in [-0.1, -0.05) is 0 Å². The molecule has 0 amide bonds. The summed E-state index contributed by atoms with van der Waals surface area (Å²) in [6, 6.07) is 6.09. The van der Waals surface area contributed by atoms with Crippen LogP contribution in [0.15, 0.2) is 30.5 Å². The lowest BCUT2D eigenvalue weighted by molar-refractivity contribution is 0.470. The first kappa shape index (κ1) is 11.8. The first-order chi connectivity index (χ1) is 9.33. The van der Waals surface area contributed by atoms with Crippen LogP contribution in [0.4, 0.5) is 4.39 Å². The maximum absolute atomic E-state index is 12.9. The Kier molecular flexibility index (Phi) is 3.22. The van der Waals surface area contributed by atoms with E-state index in [4.69, 9.17) is 0 Å². The van der Waals surface area contributed by atoms with Gasteiger partial charge >= 0.3 is 0 Å². The molecule has 0 radical (unpaired) electrons. The largest absolute Gasteiger partial charge is 0.377 e. The SMILES string of the molecule is Fc1ccc(-n2nnnc2C=CN2CCCC2)cc1. The van der Waals surface area contributed by atoms with Crippen LogP contribution in [0.5, 0.6) is 0 Å². The highest BCUT2D eigenvalue weighted by molar-refractivity contribution is 5.44. The van der Waals surface area contributed by atoms with Crippen molar-refractivity contribution < 1.29 is 4.39 Å². The predicted molar refractivity (Wildman–Crippen MR) is 69.0 cm³/mol. The number of likely N-dealkylation sites (tertiary alicyclic amines) is 1. The number of nitrogens with zero attached hydrogens (tertiary/aromatic N) is 5. The van der Waals surface area contributed by atoms with Crippen LogP contribution in [0.2, 0.25) is 0 Å². The summed E-state index contributed by atoms with van der Waals surface area (Å²) in [4.78, 5) is 2.24. The summed E-state index contributed by atoms with van der Waals surface area (Å²) in [6.45, 7) is 2.16. The molecule has 0 aliphatic carbocycles. The van der Waals surface area contributed by atoms with Gasteiger partial charge in [-0.3, -0.25) is 0 Å². The standard InChI is InChI=1S/C13H14FN5/c14-11-3-5-12(6-4-11)19-13(15-16-17-19)7-10-18-8-1-2-9-18/h3-7,10H,1-2,8-9H2. The number of benzene rings is 1. The van der Waals surface area contributed by atoms with Gasteiger partial charge in [0.15, 0.2) is 5.82 Å². The minimum atomic E-state index is -0.272. The monoisotopic (exact) mass is 259 g/mol. The third-order valence-electron chi connectivity index (χ3n) is 3.14. The van der Waals surface area contributed by atoms with Crippen LogP contribution in [0, 0.1) is 5.82 Å². The zero-order chi connectivity index (χ0) is 13.1. The number of tetrazole rings is 1. The molecular weight excluding hydrogens is 245 g/mol. The molecule has 98 valence electrons. The van der Waals surface area contributed by atoms with Crippen molar-refractivity contribution in [2.45, 2.75) is 12.8 Å². The molecule has 5 nitrogen and oxygen atoms in total. The summed E-state index contributed by atoms with van der Waals surface area (Å²) in [5.41, 5.74) is 0.743. The number of rotatable bonds is 3. The zero-order valence-corrected chi connectivity index (χ0v) is 10.4. The lowest BCUT2D eigenvalue weighted by Gasteiger charge is -2.09. The highest BCUT2D eigenvalue weighted by Crippen LogP contribution is 2.12. The van der Waals surface area contributed by atoms with Crippen molar-refractivity contribution >= 4 is 6.08 Å². The van der Waals surface area contributed by atoms with Crippen LogP contribution in [0.25, 0.3) is 11.8 Å². The molecule has 0 N–H and O–H groups in total. The van der Waals surface area contributed by atoms with Crippen LogP contribution < -0.4 is 0 Å². The smallest absolute Gasteiger partial charge is 0.181 e. The molecule has 1 aliphatic heterocycles. The molecule has 0 atom stereocenters. The molecular formula is C13H14FN5. The minimum absolute atomic E-state index is 0.272. The van der Waals surface area contributed by atoms with E-state index in [-0.39, 0.29) is 5.82 Å². The van der Waals surface area contributed by atoms with Crippen molar-refractivity contribution in [2.24, 2.45) is 0 Å². The van der Waals surface area contributed by atoms with Gasteiger partial charge in [-0.05, 0) is 47.5 Å². The molecule has 0 unspecified atom stereocenters. The second-order valence-corrected chi connectivity index (χ2v) is 4.48. The summed E-state index contributed by atoms with van der Waals surface area (Å²) in [5.74, 6) is 0.365. The van der Waals surface area contributed by atoms with Crippen LogP contribution in [-0.4, -0.2) is 38.2 Å². The first-order valence-electron chi connectivity index (χ1n) is 6.29. The fourth-order valence-electron chi connectivity index (χ4n) is 2.13. The molecule has 0 spiro atoms. The molecule has 1 aromatic carbocycles. The molecule has 1 aromatic heterocycles. The van der Waals surface area contributed by atoms with E-state index in [0.29, 0.717) is 5.82 Å². The van der Waals surface area contributed by atoms with Gasteiger partial charge in [0, 0.05) is 25.4 Å². The third-order valence-corrected chi connectivity index (χ3v) is 3.14. The van der Waals surface area contributed by atoms with Crippen molar-refractivity contribution in [3.05, 3.63) is 42.1 Å². The maximum atomic E-state index is 12.9. The molecule has 0 saturated carbocycles. The number of halogens is 1. The Morgan fingerprint density at radius 1 is 1.11 bits per heavy atom. The molecule has 3 rings (SSSR count). The average molecular weight is 259 g/mol. The fourth-order valence-corrected chi connectivity index (χ4v) is 2.13. The van der Waals surface area contributed by atoms with E-state index in [1.54, 1.807) is 16.8 Å². The topological polar surface area (TPSA) is 46.8 Å². The lowest BCUT2D eigenvalue weighted by Crippen LogP contribution is -2.10. The molecule has 19 heavy (non-hydrogen) atoms. The average Bonchev–Trinajstić information content (AvgIpc) is 3.08. The third kappa shape index (κ3) is 2.62. The Balaban J connectivity index is 1.83. The van der Waals surface area contributed by atoms with Gasteiger partial charge in [-0.25, -0.2) is 4.39 Å². The molecule has 1 fully saturated rings. The van der Waals surface area contributed by atoms with Gasteiger partial charge in [0.2, 0.25) is 0 Å². The Morgan fingerprint density at radius 3 is 2.58 bits per heavy atom. The molecule has 6 heteroatoms. The Bertz CT molecular complexity index is 569. The Labute approximate surface area is 110 Å². The number of hydrogen-bond acceptors (Lipinski definition) is 4. The van der Waals surface area contributed by atoms with Gasteiger partial charge in [0.05, 0.1) is 5.69 Å². The van der Waals surface area contributed by atoms with Crippen molar-refractivity contribution in [3.63, 3.8) is 0 Å². The van der Waals surface area contributed by atoms with Gasteiger partial charge in [0.25, 0.3) is 0 Å². The second kappa shape index (κ2) is 5.17. The number of hydrogen-bond donors (Lipinski definition) is 0. The first-order valence-corrected chi connectivity index (χ1v) is 6.29. The fraction of sp³-hybridized carbons (Fsp3) is 0.308. The summed E-state index contributed by atoms with van der Waals surface area (Å²) in [5, 5.41) is 11.6.